The molecule has 0 spiro atoms. The Morgan fingerprint density at radius 1 is 1.23 bits per heavy atom. The molecule has 7 heteroatoms. The van der Waals surface area contributed by atoms with Crippen LogP contribution in [0.4, 0.5) is 21.5 Å². The van der Waals surface area contributed by atoms with Crippen molar-refractivity contribution in [1.82, 2.24) is 0 Å². The number of aryl methyl sites for hydroxylation is 1. The van der Waals surface area contributed by atoms with Gasteiger partial charge in [0.1, 0.15) is 5.82 Å². The zero-order valence-electron chi connectivity index (χ0n) is 11.8. The molecule has 2 aromatic rings. The molecule has 0 aliphatic heterocycles. The number of hydrogen-bond acceptors (Lipinski definition) is 4. The van der Waals surface area contributed by atoms with Crippen LogP contribution in [0.5, 0.6) is 0 Å². The number of benzene rings is 2. The molecule has 22 heavy (non-hydrogen) atoms. The Morgan fingerprint density at radius 2 is 1.91 bits per heavy atom. The van der Waals surface area contributed by atoms with E-state index in [1.165, 1.54) is 36.4 Å². The van der Waals surface area contributed by atoms with E-state index in [-0.39, 0.29) is 24.0 Å². The van der Waals surface area contributed by atoms with Crippen molar-refractivity contribution in [3.05, 3.63) is 64.0 Å². The summed E-state index contributed by atoms with van der Waals surface area (Å²) in [7, 11) is 0. The zero-order valence-corrected chi connectivity index (χ0v) is 11.8. The number of rotatable bonds is 5. The normalized spacial score (nSPS) is 10.1. The third-order valence-corrected chi connectivity index (χ3v) is 3.00. The van der Waals surface area contributed by atoms with E-state index < -0.39 is 4.92 Å². The zero-order chi connectivity index (χ0) is 16.1. The predicted molar refractivity (Wildman–Crippen MR) is 81.4 cm³/mol. The third-order valence-electron chi connectivity index (χ3n) is 3.00. The number of carbonyl (C=O) groups excluding carboxylic acids is 1. The van der Waals surface area contributed by atoms with Crippen LogP contribution in [0.2, 0.25) is 0 Å². The van der Waals surface area contributed by atoms with Crippen LogP contribution in [0.25, 0.3) is 0 Å². The lowest BCUT2D eigenvalue weighted by molar-refractivity contribution is -0.384. The minimum atomic E-state index is -0.514. The Kier molecular flexibility index (Phi) is 4.67. The van der Waals surface area contributed by atoms with Crippen LogP contribution in [0.15, 0.2) is 42.5 Å². The highest BCUT2D eigenvalue weighted by Gasteiger charge is 2.07. The van der Waals surface area contributed by atoms with Crippen molar-refractivity contribution in [2.24, 2.45) is 0 Å². The first-order valence-electron chi connectivity index (χ1n) is 6.50. The first-order chi connectivity index (χ1) is 10.5. The number of non-ortho nitro benzene ring substituents is 1. The molecular formula is C15H14FN3O3. The van der Waals surface area contributed by atoms with E-state index in [9.17, 15) is 19.3 Å². The van der Waals surface area contributed by atoms with Crippen LogP contribution in [-0.4, -0.2) is 17.4 Å². The summed E-state index contributed by atoms with van der Waals surface area (Å²) in [5, 5.41) is 16.0. The highest BCUT2D eigenvalue weighted by Crippen LogP contribution is 2.17. The molecule has 0 radical (unpaired) electrons. The molecule has 0 heterocycles. The van der Waals surface area contributed by atoms with Crippen molar-refractivity contribution >= 4 is 23.0 Å². The molecule has 114 valence electrons. The second kappa shape index (κ2) is 6.66. The van der Waals surface area contributed by atoms with Crippen LogP contribution in [-0.2, 0) is 4.79 Å². The summed E-state index contributed by atoms with van der Waals surface area (Å²) in [5.74, 6) is -0.721. The summed E-state index contributed by atoms with van der Waals surface area (Å²) in [4.78, 5) is 21.8. The lowest BCUT2D eigenvalue weighted by Gasteiger charge is -2.10. The number of nitro groups is 1. The number of carbonyl (C=O) groups is 1. The smallest absolute Gasteiger partial charge is 0.269 e. The van der Waals surface area contributed by atoms with Crippen molar-refractivity contribution in [2.75, 3.05) is 17.2 Å². The van der Waals surface area contributed by atoms with Gasteiger partial charge < -0.3 is 10.6 Å². The van der Waals surface area contributed by atoms with E-state index in [1.807, 2.05) is 0 Å². The molecule has 2 aromatic carbocycles. The highest BCUT2D eigenvalue weighted by atomic mass is 19.1. The van der Waals surface area contributed by atoms with E-state index in [2.05, 4.69) is 10.6 Å². The van der Waals surface area contributed by atoms with Crippen LogP contribution in [0.1, 0.15) is 5.56 Å². The fourth-order valence-electron chi connectivity index (χ4n) is 1.83. The maximum absolute atomic E-state index is 13.1. The number of halogens is 1. The molecular weight excluding hydrogens is 289 g/mol. The first kappa shape index (κ1) is 15.4. The van der Waals surface area contributed by atoms with E-state index in [0.29, 0.717) is 11.4 Å². The molecule has 0 saturated heterocycles. The van der Waals surface area contributed by atoms with Gasteiger partial charge in [0.15, 0.2) is 0 Å². The summed E-state index contributed by atoms with van der Waals surface area (Å²) in [5.41, 5.74) is 1.77. The van der Waals surface area contributed by atoms with Gasteiger partial charge in [0, 0.05) is 23.5 Å². The van der Waals surface area contributed by atoms with Crippen molar-refractivity contribution in [3.63, 3.8) is 0 Å². The largest absolute Gasteiger partial charge is 0.376 e. The van der Waals surface area contributed by atoms with Crippen molar-refractivity contribution in [3.8, 4) is 0 Å². The summed E-state index contributed by atoms with van der Waals surface area (Å²) in [6.07, 6.45) is 0. The van der Waals surface area contributed by atoms with Gasteiger partial charge in [-0.25, -0.2) is 4.39 Å². The first-order valence-corrected chi connectivity index (χ1v) is 6.50. The molecule has 0 aliphatic carbocycles. The molecule has 0 aliphatic rings. The highest BCUT2D eigenvalue weighted by molar-refractivity contribution is 5.93. The maximum Gasteiger partial charge on any atom is 0.269 e. The number of anilines is 2. The maximum atomic E-state index is 13.1. The van der Waals surface area contributed by atoms with Gasteiger partial charge >= 0.3 is 0 Å². The number of nitrogens with zero attached hydrogens (tertiary/aromatic N) is 1. The molecule has 0 fully saturated rings. The standard InChI is InChI=1S/C15H14FN3O3/c1-10-2-3-11(16)8-14(10)17-9-15(20)18-12-4-6-13(7-5-12)19(21)22/h2-8,17H,9H2,1H3,(H,18,20). The van der Waals surface area contributed by atoms with Gasteiger partial charge in [-0.2, -0.15) is 0 Å². The molecule has 1 amide bonds. The van der Waals surface area contributed by atoms with Gasteiger partial charge in [-0.1, -0.05) is 6.07 Å². The van der Waals surface area contributed by atoms with Gasteiger partial charge in [0.05, 0.1) is 11.5 Å². The molecule has 0 saturated carbocycles. The van der Waals surface area contributed by atoms with Crippen LogP contribution in [0.3, 0.4) is 0 Å². The van der Waals surface area contributed by atoms with Crippen molar-refractivity contribution in [1.29, 1.82) is 0 Å². The van der Waals surface area contributed by atoms with Gasteiger partial charge in [-0.3, -0.25) is 14.9 Å². The number of amides is 1. The van der Waals surface area contributed by atoms with E-state index in [1.54, 1.807) is 13.0 Å². The summed E-state index contributed by atoms with van der Waals surface area (Å²) >= 11 is 0. The Balaban J connectivity index is 1.92. The van der Waals surface area contributed by atoms with E-state index in [0.717, 1.165) is 5.56 Å². The fraction of sp³-hybridized carbons (Fsp3) is 0.133. The Bertz CT molecular complexity index is 702. The molecule has 2 rings (SSSR count). The number of nitrogens with one attached hydrogen (secondary N) is 2. The van der Waals surface area contributed by atoms with Crippen molar-refractivity contribution in [2.45, 2.75) is 6.92 Å². The Hall–Kier alpha value is -2.96. The fourth-order valence-corrected chi connectivity index (χ4v) is 1.83. The minimum Gasteiger partial charge on any atom is -0.376 e. The Labute approximate surface area is 126 Å². The van der Waals surface area contributed by atoms with Crippen LogP contribution >= 0.6 is 0 Å². The molecule has 0 aromatic heterocycles. The average molecular weight is 303 g/mol. The minimum absolute atomic E-state index is 0.0404. The lowest BCUT2D eigenvalue weighted by atomic mass is 10.2. The second-order valence-electron chi connectivity index (χ2n) is 4.66. The number of hydrogen-bond donors (Lipinski definition) is 2. The van der Waals surface area contributed by atoms with E-state index in [4.69, 9.17) is 0 Å². The monoisotopic (exact) mass is 303 g/mol. The average Bonchev–Trinajstić information content (AvgIpc) is 2.49. The van der Waals surface area contributed by atoms with Gasteiger partial charge in [0.2, 0.25) is 5.91 Å². The second-order valence-corrected chi connectivity index (χ2v) is 4.66. The topological polar surface area (TPSA) is 84.3 Å². The summed E-state index contributed by atoms with van der Waals surface area (Å²) in [6.45, 7) is 1.76. The number of nitro benzene ring substituents is 1. The van der Waals surface area contributed by atoms with E-state index >= 15 is 0 Å². The van der Waals surface area contributed by atoms with Crippen molar-refractivity contribution < 1.29 is 14.1 Å². The Morgan fingerprint density at radius 3 is 2.55 bits per heavy atom. The van der Waals surface area contributed by atoms with Gasteiger partial charge in [-0.15, -0.1) is 0 Å². The van der Waals surface area contributed by atoms with Crippen LogP contribution < -0.4 is 10.6 Å². The predicted octanol–water partition coefficient (Wildman–Crippen LogP) is 3.09. The molecule has 0 bridgehead atoms. The molecule has 6 nitrogen and oxygen atoms in total. The van der Waals surface area contributed by atoms with Gasteiger partial charge in [-0.05, 0) is 36.8 Å². The molecule has 2 N–H and O–H groups in total. The summed E-state index contributed by atoms with van der Waals surface area (Å²) < 4.78 is 13.1. The van der Waals surface area contributed by atoms with Gasteiger partial charge in [0.25, 0.3) is 5.69 Å². The third kappa shape index (κ3) is 4.02. The SMILES string of the molecule is Cc1ccc(F)cc1NCC(=O)Nc1ccc([N+](=O)[O-])cc1. The summed E-state index contributed by atoms with van der Waals surface area (Å²) in [6, 6.07) is 9.78. The molecule has 0 unspecified atom stereocenters. The quantitative estimate of drug-likeness (QED) is 0.656. The van der Waals surface area contributed by atoms with Crippen LogP contribution in [0, 0.1) is 22.9 Å². The lowest BCUT2D eigenvalue weighted by Crippen LogP contribution is -2.22. The molecule has 0 atom stereocenters.